The number of aromatic amines is 1. The Balaban J connectivity index is 1.21. The van der Waals surface area contributed by atoms with Crippen molar-refractivity contribution in [3.05, 3.63) is 83.7 Å². The number of rotatable bonds is 17. The van der Waals surface area contributed by atoms with Gasteiger partial charge in [0, 0.05) is 73.4 Å². The number of nitrogens with one attached hydrogen (secondary N) is 3. The second kappa shape index (κ2) is 16.4. The Morgan fingerprint density at radius 1 is 1.10 bits per heavy atom. The van der Waals surface area contributed by atoms with Gasteiger partial charge in [0.15, 0.2) is 5.03 Å². The van der Waals surface area contributed by atoms with Gasteiger partial charge in [-0.1, -0.05) is 36.4 Å². The van der Waals surface area contributed by atoms with Crippen molar-refractivity contribution >= 4 is 56.0 Å². The first-order valence-corrected chi connectivity index (χ1v) is 20.1. The lowest BCUT2D eigenvalue weighted by Crippen LogP contribution is -2.42. The molecule has 1 saturated carbocycles. The number of hydrogen-bond donors (Lipinski definition) is 3. The van der Waals surface area contributed by atoms with E-state index in [4.69, 9.17) is 9.47 Å². The zero-order valence-electron chi connectivity index (χ0n) is 27.2. The summed E-state index contributed by atoms with van der Waals surface area (Å²) < 4.78 is 41.3. The van der Waals surface area contributed by atoms with E-state index in [9.17, 15) is 13.2 Å². The Hall–Kier alpha value is -3.23. The van der Waals surface area contributed by atoms with Gasteiger partial charge in [0.1, 0.15) is 18.1 Å². The Kier molecular flexibility index (Phi) is 11.9. The van der Waals surface area contributed by atoms with Crippen LogP contribution in [-0.2, 0) is 26.9 Å². The van der Waals surface area contributed by atoms with Crippen molar-refractivity contribution in [2.45, 2.75) is 35.3 Å². The Labute approximate surface area is 291 Å². The number of sulfonamides is 1. The van der Waals surface area contributed by atoms with E-state index < -0.39 is 10.0 Å². The minimum Gasteiger partial charge on any atom is -0.491 e. The van der Waals surface area contributed by atoms with Crippen LogP contribution in [0.2, 0.25) is 0 Å². The lowest BCUT2D eigenvalue weighted by molar-refractivity contribution is 0.0948. The van der Waals surface area contributed by atoms with Crippen molar-refractivity contribution in [2.75, 3.05) is 62.7 Å². The number of fused-ring (bicyclic) bond motifs is 1. The largest absolute Gasteiger partial charge is 0.491 e. The highest BCUT2D eigenvalue weighted by Gasteiger charge is 2.28. The number of carbonyl (C=O) groups is 1. The van der Waals surface area contributed by atoms with Crippen LogP contribution in [0.1, 0.15) is 34.5 Å². The number of anilines is 1. The zero-order chi connectivity index (χ0) is 33.3. The minimum absolute atomic E-state index is 0.0200. The summed E-state index contributed by atoms with van der Waals surface area (Å²) in [6.45, 7) is 4.17. The predicted octanol–water partition coefficient (Wildman–Crippen LogP) is 5.42. The molecule has 2 aromatic heterocycles. The van der Waals surface area contributed by atoms with Gasteiger partial charge in [0.25, 0.3) is 15.9 Å². The third-order valence-electron chi connectivity index (χ3n) is 8.44. The average molecular weight is 710 g/mol. The number of aromatic nitrogens is 2. The summed E-state index contributed by atoms with van der Waals surface area (Å²) in [4.78, 5) is 23.5. The lowest BCUT2D eigenvalue weighted by Gasteiger charge is -2.30. The Morgan fingerprint density at radius 3 is 2.69 bits per heavy atom. The van der Waals surface area contributed by atoms with Crippen LogP contribution in [0.15, 0.2) is 71.9 Å². The van der Waals surface area contributed by atoms with Gasteiger partial charge in [0.2, 0.25) is 0 Å². The molecule has 1 amide bonds. The van der Waals surface area contributed by atoms with E-state index in [-0.39, 0.29) is 28.5 Å². The van der Waals surface area contributed by atoms with Gasteiger partial charge < -0.3 is 24.7 Å². The van der Waals surface area contributed by atoms with Crippen LogP contribution in [0.25, 0.3) is 10.9 Å². The van der Waals surface area contributed by atoms with Gasteiger partial charge in [-0.2, -0.15) is 31.9 Å². The first kappa shape index (κ1) is 34.6. The molecule has 1 unspecified atom stereocenters. The van der Waals surface area contributed by atoms with Crippen molar-refractivity contribution in [1.82, 2.24) is 20.2 Å². The van der Waals surface area contributed by atoms with Gasteiger partial charge in [0.05, 0.1) is 17.8 Å². The average Bonchev–Trinajstić information content (AvgIpc) is 3.81. The molecule has 13 heteroatoms. The van der Waals surface area contributed by atoms with Crippen molar-refractivity contribution in [1.29, 1.82) is 0 Å². The molecule has 0 bridgehead atoms. The second-order valence-corrected chi connectivity index (χ2v) is 16.3. The van der Waals surface area contributed by atoms with Gasteiger partial charge in [-0.15, -0.1) is 0 Å². The quantitative estimate of drug-likeness (QED) is 0.123. The van der Waals surface area contributed by atoms with Crippen molar-refractivity contribution < 1.29 is 22.7 Å². The van der Waals surface area contributed by atoms with Crippen molar-refractivity contribution in [3.63, 3.8) is 0 Å². The minimum atomic E-state index is -4.04. The molecule has 2 aliphatic rings. The molecule has 3 N–H and O–H groups in total. The van der Waals surface area contributed by atoms with Crippen LogP contribution in [-0.4, -0.2) is 92.5 Å². The molecule has 1 aliphatic carbocycles. The first-order chi connectivity index (χ1) is 23.4. The highest BCUT2D eigenvalue weighted by atomic mass is 32.2. The summed E-state index contributed by atoms with van der Waals surface area (Å²) >= 11 is 3.84. The fourth-order valence-corrected chi connectivity index (χ4v) is 9.09. The molecule has 3 heterocycles. The highest BCUT2D eigenvalue weighted by Crippen LogP contribution is 2.35. The van der Waals surface area contributed by atoms with Crippen LogP contribution < -0.4 is 14.8 Å². The summed E-state index contributed by atoms with van der Waals surface area (Å²) in [6, 6.07) is 19.1. The van der Waals surface area contributed by atoms with Crippen LogP contribution in [0, 0.1) is 5.92 Å². The van der Waals surface area contributed by atoms with E-state index in [1.54, 1.807) is 31.4 Å². The number of H-pyrrole nitrogens is 1. The number of pyridine rings is 1. The summed E-state index contributed by atoms with van der Waals surface area (Å²) in [5.41, 5.74) is 3.07. The molecule has 48 heavy (non-hydrogen) atoms. The number of thioether (sulfide) groups is 2. The number of nitrogens with zero attached hydrogens (tertiary/aromatic N) is 2. The van der Waals surface area contributed by atoms with E-state index in [1.165, 1.54) is 11.8 Å². The molecule has 1 atom stereocenters. The van der Waals surface area contributed by atoms with Gasteiger partial charge in [-0.05, 0) is 54.5 Å². The Bertz CT molecular complexity index is 1780. The third kappa shape index (κ3) is 9.47. The van der Waals surface area contributed by atoms with Gasteiger partial charge in [-0.25, -0.2) is 4.98 Å². The molecule has 1 saturated heterocycles. The van der Waals surface area contributed by atoms with Crippen LogP contribution >= 0.6 is 23.5 Å². The number of carbonyl (C=O) groups excluding carboxylic acids is 1. The van der Waals surface area contributed by atoms with Gasteiger partial charge in [-0.3, -0.25) is 9.52 Å². The fraction of sp³-hybridized carbons (Fsp3) is 0.429. The third-order valence-corrected chi connectivity index (χ3v) is 12.0. The SMILES string of the molecule is COCCOc1cc(NS(=O)(=O)c2ncccc2CC2CC2)c2[nH]c(C(=O)NCC(CN3CCSCC3)SCc3ccccc3)cc2c1. The maximum Gasteiger partial charge on any atom is 0.279 e. The highest BCUT2D eigenvalue weighted by molar-refractivity contribution is 7.99. The van der Waals surface area contributed by atoms with E-state index in [0.717, 1.165) is 49.7 Å². The maximum atomic E-state index is 13.8. The first-order valence-electron chi connectivity index (χ1n) is 16.4. The monoisotopic (exact) mass is 709 g/mol. The molecular weight excluding hydrogens is 667 g/mol. The summed E-state index contributed by atoms with van der Waals surface area (Å²) in [5, 5.41) is 4.02. The Morgan fingerprint density at radius 2 is 1.92 bits per heavy atom. The number of benzene rings is 2. The molecule has 6 rings (SSSR count). The maximum absolute atomic E-state index is 13.8. The summed E-state index contributed by atoms with van der Waals surface area (Å²) in [5.74, 6) is 3.82. The van der Waals surface area contributed by atoms with Crippen LogP contribution in [0.4, 0.5) is 5.69 Å². The summed E-state index contributed by atoms with van der Waals surface area (Å²) in [7, 11) is -2.45. The molecule has 4 aromatic rings. The number of hydrogen-bond acceptors (Lipinski definition) is 9. The topological polar surface area (TPSA) is 126 Å². The van der Waals surface area contributed by atoms with E-state index >= 15 is 0 Å². The van der Waals surface area contributed by atoms with E-state index in [2.05, 4.69) is 49.2 Å². The number of methoxy groups -OCH3 is 1. The van der Waals surface area contributed by atoms with E-state index in [0.29, 0.717) is 53.4 Å². The van der Waals surface area contributed by atoms with Crippen LogP contribution in [0.3, 0.4) is 0 Å². The molecule has 256 valence electrons. The molecule has 2 aromatic carbocycles. The molecule has 1 aliphatic heterocycles. The smallest absolute Gasteiger partial charge is 0.279 e. The molecular formula is C35H43N5O5S3. The second-order valence-electron chi connectivity index (χ2n) is 12.2. The standard InChI is InChI=1S/C35H43N5O5S3/c1-44-14-15-45-29-19-28-20-32(34(41)37-22-30(23-40-12-16-46-17-13-40)47-24-26-6-3-2-4-7-26)38-33(28)31(21-29)39-48(42,43)35-27(8-5-11-36-35)18-25-9-10-25/h2-8,11,19-21,25,30,38-39H,9-10,12-18,22-24H2,1H3,(H,37,41). The number of amides is 1. The molecule has 0 radical (unpaired) electrons. The molecule has 2 fully saturated rings. The predicted molar refractivity (Wildman–Crippen MR) is 195 cm³/mol. The van der Waals surface area contributed by atoms with Crippen LogP contribution in [0.5, 0.6) is 5.75 Å². The molecule has 10 nitrogen and oxygen atoms in total. The van der Waals surface area contributed by atoms with Crippen molar-refractivity contribution in [3.8, 4) is 5.75 Å². The fourth-order valence-electron chi connectivity index (χ4n) is 5.73. The summed E-state index contributed by atoms with van der Waals surface area (Å²) in [6.07, 6.45) is 4.37. The van der Waals surface area contributed by atoms with E-state index in [1.807, 2.05) is 35.7 Å². The van der Waals surface area contributed by atoms with Crippen molar-refractivity contribution in [2.24, 2.45) is 5.92 Å². The van der Waals surface area contributed by atoms with Gasteiger partial charge >= 0.3 is 0 Å². The molecule has 0 spiro atoms. The normalized spacial score (nSPS) is 16.1. The lowest BCUT2D eigenvalue weighted by atomic mass is 10.1. The zero-order valence-corrected chi connectivity index (χ0v) is 29.6. The number of ether oxygens (including phenoxy) is 2.